The molecule has 0 aromatic carbocycles. The van der Waals surface area contributed by atoms with Crippen LogP contribution in [0.3, 0.4) is 0 Å². The van der Waals surface area contributed by atoms with Gasteiger partial charge in [0.05, 0.1) is 18.5 Å². The van der Waals surface area contributed by atoms with Crippen LogP contribution >= 0.6 is 11.6 Å². The van der Waals surface area contributed by atoms with Crippen molar-refractivity contribution in [3.05, 3.63) is 28.4 Å². The summed E-state index contributed by atoms with van der Waals surface area (Å²) in [6.07, 6.45) is 2.77. The minimum Gasteiger partial charge on any atom is -0.465 e. The van der Waals surface area contributed by atoms with Gasteiger partial charge in [-0.25, -0.2) is 14.8 Å². The average molecular weight is 269 g/mol. The maximum Gasteiger partial charge on any atom is 0.341 e. The molecule has 18 heavy (non-hydrogen) atoms. The van der Waals surface area contributed by atoms with Gasteiger partial charge >= 0.3 is 5.97 Å². The molecule has 96 valence electrons. The van der Waals surface area contributed by atoms with Crippen molar-refractivity contribution in [2.45, 2.75) is 6.92 Å². The van der Waals surface area contributed by atoms with Crippen molar-refractivity contribution in [1.29, 1.82) is 0 Å². The number of halogens is 1. The predicted octanol–water partition coefficient (Wildman–Crippen LogP) is 1.23. The molecule has 2 N–H and O–H groups in total. The Balaban J connectivity index is 3.54. The molecule has 0 bridgehead atoms. The molecule has 7 heteroatoms. The second-order valence-electron chi connectivity index (χ2n) is 3.30. The molecule has 0 amide bonds. The zero-order valence-electron chi connectivity index (χ0n) is 10.3. The largest absolute Gasteiger partial charge is 0.465 e. The number of carbonyl (C=O) groups excluding carboxylic acids is 1. The van der Waals surface area contributed by atoms with Gasteiger partial charge < -0.3 is 10.5 Å². The maximum absolute atomic E-state index is 11.7. The van der Waals surface area contributed by atoms with E-state index >= 15 is 0 Å². The fourth-order valence-corrected chi connectivity index (χ4v) is 1.63. The van der Waals surface area contributed by atoms with Gasteiger partial charge in [0.2, 0.25) is 5.28 Å². The van der Waals surface area contributed by atoms with Gasteiger partial charge in [-0.05, 0) is 18.5 Å². The number of aryl methyl sites for hydroxylation is 1. The van der Waals surface area contributed by atoms with Crippen LogP contribution in [-0.4, -0.2) is 36.3 Å². The van der Waals surface area contributed by atoms with Crippen molar-refractivity contribution in [1.82, 2.24) is 9.97 Å². The Kier molecular flexibility index (Phi) is 4.79. The van der Waals surface area contributed by atoms with Gasteiger partial charge in [0.25, 0.3) is 0 Å². The summed E-state index contributed by atoms with van der Waals surface area (Å²) in [5, 5.41) is 0.0269. The number of rotatable bonds is 3. The van der Waals surface area contributed by atoms with Crippen LogP contribution in [0.15, 0.2) is 11.2 Å². The second-order valence-corrected chi connectivity index (χ2v) is 3.64. The Labute approximate surface area is 110 Å². The van der Waals surface area contributed by atoms with Crippen LogP contribution in [-0.2, 0) is 4.74 Å². The van der Waals surface area contributed by atoms with Gasteiger partial charge in [-0.3, -0.25) is 4.99 Å². The third-order valence-electron chi connectivity index (χ3n) is 2.17. The summed E-state index contributed by atoms with van der Waals surface area (Å²) < 4.78 is 4.70. The van der Waals surface area contributed by atoms with E-state index in [0.717, 1.165) is 0 Å². The number of allylic oxidation sites excluding steroid dienone is 1. The minimum atomic E-state index is -0.553. The number of carbonyl (C=O) groups is 1. The van der Waals surface area contributed by atoms with E-state index in [1.54, 1.807) is 14.0 Å². The first-order valence-electron chi connectivity index (χ1n) is 5.02. The van der Waals surface area contributed by atoms with Crippen LogP contribution in [0.2, 0.25) is 5.28 Å². The molecule has 6 nitrogen and oxygen atoms in total. The summed E-state index contributed by atoms with van der Waals surface area (Å²) in [4.78, 5) is 23.5. The quantitative estimate of drug-likeness (QED) is 0.506. The molecule has 0 saturated carbocycles. The summed E-state index contributed by atoms with van der Waals surface area (Å²) in [5.74, 6) is -0.553. The molecule has 1 rings (SSSR count). The first-order chi connectivity index (χ1) is 8.54. The Hall–Kier alpha value is -1.95. The molecule has 0 saturated heterocycles. The van der Waals surface area contributed by atoms with E-state index in [1.165, 1.54) is 19.5 Å². The number of aliphatic imine (C=N–C) groups is 1. The Morgan fingerprint density at radius 2 is 2.17 bits per heavy atom. The normalized spacial score (nSPS) is 11.9. The number of aromatic nitrogens is 2. The molecule has 0 aliphatic carbocycles. The van der Waals surface area contributed by atoms with Crippen LogP contribution in [0.1, 0.15) is 21.7 Å². The van der Waals surface area contributed by atoms with Crippen LogP contribution in [0.25, 0.3) is 5.57 Å². The highest BCUT2D eigenvalue weighted by Gasteiger charge is 2.20. The second kappa shape index (κ2) is 6.11. The predicted molar refractivity (Wildman–Crippen MR) is 69.7 cm³/mol. The van der Waals surface area contributed by atoms with Gasteiger partial charge in [0.15, 0.2) is 0 Å². The lowest BCUT2D eigenvalue weighted by Gasteiger charge is -2.09. The molecule has 0 aliphatic rings. The lowest BCUT2D eigenvalue weighted by atomic mass is 10.1. The summed E-state index contributed by atoms with van der Waals surface area (Å²) in [6.45, 7) is 1.64. The fraction of sp³-hybridized carbons (Fsp3) is 0.273. The molecule has 0 unspecified atom stereocenters. The molecule has 0 spiro atoms. The van der Waals surface area contributed by atoms with Gasteiger partial charge in [-0.15, -0.1) is 0 Å². The summed E-state index contributed by atoms with van der Waals surface area (Å²) in [5.41, 5.74) is 6.89. The van der Waals surface area contributed by atoms with Crippen molar-refractivity contribution >= 4 is 29.4 Å². The SMILES string of the molecule is CN=C/C(=C\N)c1nc(Cl)nc(C)c1C(=O)OC. The smallest absolute Gasteiger partial charge is 0.341 e. The molecule has 0 atom stereocenters. The van der Waals surface area contributed by atoms with E-state index < -0.39 is 5.97 Å². The molecular formula is C11H13ClN4O2. The number of ether oxygens (including phenoxy) is 1. The zero-order valence-corrected chi connectivity index (χ0v) is 11.0. The molecule has 1 aromatic heterocycles. The van der Waals surface area contributed by atoms with E-state index in [9.17, 15) is 4.79 Å². The minimum absolute atomic E-state index is 0.0269. The molecule has 0 fully saturated rings. The monoisotopic (exact) mass is 268 g/mol. The maximum atomic E-state index is 11.7. The molecule has 1 aromatic rings. The van der Waals surface area contributed by atoms with Gasteiger partial charge in [-0.2, -0.15) is 0 Å². The number of hydrogen-bond acceptors (Lipinski definition) is 6. The highest BCUT2D eigenvalue weighted by atomic mass is 35.5. The van der Waals surface area contributed by atoms with Crippen LogP contribution < -0.4 is 5.73 Å². The van der Waals surface area contributed by atoms with Gasteiger partial charge in [0.1, 0.15) is 5.56 Å². The van der Waals surface area contributed by atoms with Crippen LogP contribution in [0.4, 0.5) is 0 Å². The van der Waals surface area contributed by atoms with Crippen molar-refractivity contribution in [3.63, 3.8) is 0 Å². The standard InChI is InChI=1S/C11H13ClN4O2/c1-6-8(10(17)18-3)9(16-11(12)15-6)7(4-13)5-14-2/h4-5H,13H2,1-3H3/b7-4+,14-5?. The van der Waals surface area contributed by atoms with E-state index in [1.807, 2.05) is 0 Å². The van der Waals surface area contributed by atoms with Crippen molar-refractivity contribution in [3.8, 4) is 0 Å². The Bertz CT molecular complexity index is 526. The zero-order chi connectivity index (χ0) is 13.7. The van der Waals surface area contributed by atoms with Crippen LogP contribution in [0, 0.1) is 6.92 Å². The molecule has 0 aliphatic heterocycles. The molecule has 0 radical (unpaired) electrons. The topological polar surface area (TPSA) is 90.5 Å². The third-order valence-corrected chi connectivity index (χ3v) is 2.34. The van der Waals surface area contributed by atoms with Gasteiger partial charge in [0, 0.05) is 25.0 Å². The molecule has 1 heterocycles. The lowest BCUT2D eigenvalue weighted by Crippen LogP contribution is -2.12. The molecular weight excluding hydrogens is 256 g/mol. The highest BCUT2D eigenvalue weighted by Crippen LogP contribution is 2.20. The van der Waals surface area contributed by atoms with E-state index in [0.29, 0.717) is 17.0 Å². The fourth-order valence-electron chi connectivity index (χ4n) is 1.42. The average Bonchev–Trinajstić information content (AvgIpc) is 2.34. The lowest BCUT2D eigenvalue weighted by molar-refractivity contribution is 0.0598. The van der Waals surface area contributed by atoms with Crippen molar-refractivity contribution in [2.75, 3.05) is 14.2 Å². The highest BCUT2D eigenvalue weighted by molar-refractivity contribution is 6.28. The van der Waals surface area contributed by atoms with E-state index in [-0.39, 0.29) is 10.8 Å². The number of esters is 1. The van der Waals surface area contributed by atoms with Crippen molar-refractivity contribution < 1.29 is 9.53 Å². The Morgan fingerprint density at radius 3 is 2.67 bits per heavy atom. The number of hydrogen-bond donors (Lipinski definition) is 1. The first kappa shape index (κ1) is 14.1. The number of nitrogens with zero attached hydrogens (tertiary/aromatic N) is 3. The number of nitrogens with two attached hydrogens (primary N) is 1. The summed E-state index contributed by atoms with van der Waals surface area (Å²) >= 11 is 5.78. The van der Waals surface area contributed by atoms with Crippen LogP contribution in [0.5, 0.6) is 0 Å². The van der Waals surface area contributed by atoms with Crippen molar-refractivity contribution in [2.24, 2.45) is 10.7 Å². The summed E-state index contributed by atoms with van der Waals surface area (Å²) in [7, 11) is 2.86. The number of methoxy groups -OCH3 is 1. The first-order valence-corrected chi connectivity index (χ1v) is 5.39. The Morgan fingerprint density at radius 1 is 1.50 bits per heavy atom. The van der Waals surface area contributed by atoms with Gasteiger partial charge in [-0.1, -0.05) is 0 Å². The third kappa shape index (κ3) is 2.84. The van der Waals surface area contributed by atoms with E-state index in [2.05, 4.69) is 15.0 Å². The van der Waals surface area contributed by atoms with E-state index in [4.69, 9.17) is 22.1 Å². The summed E-state index contributed by atoms with van der Waals surface area (Å²) in [6, 6.07) is 0.